The lowest BCUT2D eigenvalue weighted by Crippen LogP contribution is -2.13. The Morgan fingerprint density at radius 1 is 1.50 bits per heavy atom. The maximum Gasteiger partial charge on any atom is 0.358 e. The summed E-state index contributed by atoms with van der Waals surface area (Å²) in [5, 5.41) is 4.20. The minimum atomic E-state index is -0.383. The van der Waals surface area contributed by atoms with Gasteiger partial charge in [0.15, 0.2) is 5.69 Å². The second-order valence-electron chi connectivity index (χ2n) is 4.86. The van der Waals surface area contributed by atoms with Gasteiger partial charge in [0.2, 0.25) is 0 Å². The van der Waals surface area contributed by atoms with E-state index in [1.165, 1.54) is 4.68 Å². The van der Waals surface area contributed by atoms with Crippen molar-refractivity contribution in [2.24, 2.45) is 13.0 Å². The number of aromatic nitrogens is 2. The van der Waals surface area contributed by atoms with Crippen molar-refractivity contribution < 1.29 is 9.53 Å². The largest absolute Gasteiger partial charge is 0.461 e. The van der Waals surface area contributed by atoms with Crippen LogP contribution in [0, 0.1) is 5.92 Å². The van der Waals surface area contributed by atoms with Crippen LogP contribution in [0.3, 0.4) is 0 Å². The van der Waals surface area contributed by atoms with E-state index < -0.39 is 0 Å². The number of nitrogens with two attached hydrogens (primary N) is 1. The molecule has 0 unspecified atom stereocenters. The van der Waals surface area contributed by atoms with Crippen LogP contribution >= 0.6 is 0 Å². The number of nitrogens with zero attached hydrogens (tertiary/aromatic N) is 2. The van der Waals surface area contributed by atoms with Crippen LogP contribution in [0.4, 0.5) is 5.69 Å². The number of carbonyl (C=O) groups excluding carboxylic acids is 1. The lowest BCUT2D eigenvalue weighted by atomic mass is 10.1. The molecule has 0 saturated carbocycles. The third-order valence-electron chi connectivity index (χ3n) is 2.85. The summed E-state index contributed by atoms with van der Waals surface area (Å²) in [6.45, 7) is 6.68. The van der Waals surface area contributed by atoms with E-state index in [0.717, 1.165) is 18.5 Å². The summed E-state index contributed by atoms with van der Waals surface area (Å²) in [6.07, 6.45) is 2.64. The number of esters is 1. The zero-order chi connectivity index (χ0) is 13.7. The second kappa shape index (κ2) is 6.42. The molecule has 0 fully saturated rings. The van der Waals surface area contributed by atoms with Gasteiger partial charge in [-0.25, -0.2) is 4.79 Å². The van der Waals surface area contributed by atoms with Crippen LogP contribution in [0.2, 0.25) is 0 Å². The highest BCUT2D eigenvalue weighted by molar-refractivity contribution is 5.93. The Hall–Kier alpha value is -1.52. The molecule has 0 aliphatic carbocycles. The van der Waals surface area contributed by atoms with Crippen LogP contribution in [-0.4, -0.2) is 22.4 Å². The smallest absolute Gasteiger partial charge is 0.358 e. The van der Waals surface area contributed by atoms with Gasteiger partial charge in [0.25, 0.3) is 0 Å². The molecular formula is C13H23N3O2. The zero-order valence-electron chi connectivity index (χ0n) is 11.7. The Kier molecular flexibility index (Phi) is 5.19. The molecule has 5 heteroatoms. The quantitative estimate of drug-likeness (QED) is 0.623. The van der Waals surface area contributed by atoms with Gasteiger partial charge in [-0.05, 0) is 25.2 Å². The Morgan fingerprint density at radius 2 is 2.17 bits per heavy atom. The van der Waals surface area contributed by atoms with Crippen LogP contribution in [0.15, 0.2) is 0 Å². The van der Waals surface area contributed by atoms with Crippen LogP contribution < -0.4 is 5.73 Å². The van der Waals surface area contributed by atoms with Gasteiger partial charge in [-0.3, -0.25) is 4.68 Å². The highest BCUT2D eigenvalue weighted by Gasteiger charge is 2.20. The number of carbonyl (C=O) groups is 1. The van der Waals surface area contributed by atoms with Crippen molar-refractivity contribution in [2.75, 3.05) is 12.3 Å². The van der Waals surface area contributed by atoms with E-state index in [9.17, 15) is 4.79 Å². The molecule has 0 radical (unpaired) electrons. The summed E-state index contributed by atoms with van der Waals surface area (Å²) in [6, 6.07) is 0. The molecule has 0 aliphatic rings. The minimum Gasteiger partial charge on any atom is -0.461 e. The number of ether oxygens (including phenoxy) is 1. The summed E-state index contributed by atoms with van der Waals surface area (Å²) >= 11 is 0. The van der Waals surface area contributed by atoms with Gasteiger partial charge in [0.1, 0.15) is 0 Å². The van der Waals surface area contributed by atoms with E-state index >= 15 is 0 Å². The van der Waals surface area contributed by atoms with Crippen LogP contribution in [0.1, 0.15) is 49.8 Å². The Balaban J connectivity index is 2.59. The molecule has 0 saturated heterocycles. The van der Waals surface area contributed by atoms with Gasteiger partial charge in [0, 0.05) is 7.05 Å². The van der Waals surface area contributed by atoms with Crippen molar-refractivity contribution in [3.05, 3.63) is 11.4 Å². The fourth-order valence-electron chi connectivity index (χ4n) is 1.82. The van der Waals surface area contributed by atoms with Gasteiger partial charge in [-0.1, -0.05) is 20.8 Å². The SMILES string of the molecule is CCc1nn(C)c(C(=O)OCCCC(C)C)c1N. The number of anilines is 1. The molecule has 5 nitrogen and oxygen atoms in total. The van der Waals surface area contributed by atoms with Crippen LogP contribution in [-0.2, 0) is 18.2 Å². The van der Waals surface area contributed by atoms with Crippen molar-refractivity contribution in [3.63, 3.8) is 0 Å². The summed E-state index contributed by atoms with van der Waals surface area (Å²) in [5.41, 5.74) is 7.42. The lowest BCUT2D eigenvalue weighted by molar-refractivity contribution is 0.0483. The van der Waals surface area contributed by atoms with Crippen molar-refractivity contribution in [1.29, 1.82) is 0 Å². The number of rotatable bonds is 6. The molecule has 0 aromatic carbocycles. The van der Waals surface area contributed by atoms with E-state index in [0.29, 0.717) is 30.3 Å². The first kappa shape index (κ1) is 14.5. The van der Waals surface area contributed by atoms with E-state index in [-0.39, 0.29) is 5.97 Å². The number of hydrogen-bond donors (Lipinski definition) is 1. The van der Waals surface area contributed by atoms with Gasteiger partial charge in [-0.15, -0.1) is 0 Å². The topological polar surface area (TPSA) is 70.1 Å². The summed E-state index contributed by atoms with van der Waals surface area (Å²) in [4.78, 5) is 11.9. The molecule has 0 atom stereocenters. The van der Waals surface area contributed by atoms with E-state index in [1.54, 1.807) is 7.05 Å². The van der Waals surface area contributed by atoms with E-state index in [2.05, 4.69) is 18.9 Å². The molecule has 0 aliphatic heterocycles. The molecule has 2 N–H and O–H groups in total. The fraction of sp³-hybridized carbons (Fsp3) is 0.692. The molecule has 102 valence electrons. The molecule has 0 bridgehead atoms. The van der Waals surface area contributed by atoms with E-state index in [1.807, 2.05) is 6.92 Å². The highest BCUT2D eigenvalue weighted by Crippen LogP contribution is 2.18. The summed E-state index contributed by atoms with van der Waals surface area (Å²) in [5.74, 6) is 0.239. The van der Waals surface area contributed by atoms with Gasteiger partial charge in [-0.2, -0.15) is 5.10 Å². The summed E-state index contributed by atoms with van der Waals surface area (Å²) < 4.78 is 6.72. The Labute approximate surface area is 108 Å². The Bertz CT molecular complexity index is 411. The Morgan fingerprint density at radius 3 is 2.67 bits per heavy atom. The molecule has 0 spiro atoms. The van der Waals surface area contributed by atoms with Gasteiger partial charge < -0.3 is 10.5 Å². The minimum absolute atomic E-state index is 0.358. The highest BCUT2D eigenvalue weighted by atomic mass is 16.5. The predicted octanol–water partition coefficient (Wildman–Crippen LogP) is 2.16. The maximum absolute atomic E-state index is 11.9. The van der Waals surface area contributed by atoms with Crippen molar-refractivity contribution in [1.82, 2.24) is 9.78 Å². The monoisotopic (exact) mass is 253 g/mol. The molecule has 1 heterocycles. The third-order valence-corrected chi connectivity index (χ3v) is 2.85. The molecular weight excluding hydrogens is 230 g/mol. The first-order chi connectivity index (χ1) is 8.47. The standard InChI is InChI=1S/C13H23N3O2/c1-5-10-11(14)12(16(4)15-10)13(17)18-8-6-7-9(2)3/h9H,5-8,14H2,1-4H3. The van der Waals surface area contributed by atoms with E-state index in [4.69, 9.17) is 10.5 Å². The first-order valence-corrected chi connectivity index (χ1v) is 6.45. The zero-order valence-corrected chi connectivity index (χ0v) is 11.7. The van der Waals surface area contributed by atoms with Crippen molar-refractivity contribution >= 4 is 11.7 Å². The number of nitrogen functional groups attached to an aromatic ring is 1. The van der Waals surface area contributed by atoms with Gasteiger partial charge >= 0.3 is 5.97 Å². The lowest BCUT2D eigenvalue weighted by Gasteiger charge is -2.07. The average Bonchev–Trinajstić information content (AvgIpc) is 2.59. The number of aryl methyl sites for hydroxylation is 2. The number of hydrogen-bond acceptors (Lipinski definition) is 4. The predicted molar refractivity (Wildman–Crippen MR) is 71.4 cm³/mol. The fourth-order valence-corrected chi connectivity index (χ4v) is 1.82. The van der Waals surface area contributed by atoms with Gasteiger partial charge in [0.05, 0.1) is 18.0 Å². The third kappa shape index (κ3) is 3.48. The van der Waals surface area contributed by atoms with Crippen LogP contribution in [0.5, 0.6) is 0 Å². The molecule has 1 rings (SSSR count). The molecule has 18 heavy (non-hydrogen) atoms. The normalized spacial score (nSPS) is 10.9. The molecule has 0 amide bonds. The maximum atomic E-state index is 11.9. The van der Waals surface area contributed by atoms with Crippen molar-refractivity contribution in [2.45, 2.75) is 40.0 Å². The van der Waals surface area contributed by atoms with Crippen molar-refractivity contribution in [3.8, 4) is 0 Å². The molecule has 1 aromatic heterocycles. The molecule has 1 aromatic rings. The first-order valence-electron chi connectivity index (χ1n) is 6.45. The van der Waals surface area contributed by atoms with Crippen LogP contribution in [0.25, 0.3) is 0 Å². The summed E-state index contributed by atoms with van der Waals surface area (Å²) in [7, 11) is 1.71. The average molecular weight is 253 g/mol. The second-order valence-corrected chi connectivity index (χ2v) is 4.86.